The Labute approximate surface area is 89.8 Å². The zero-order valence-corrected chi connectivity index (χ0v) is 8.92. The molecule has 0 aromatic carbocycles. The van der Waals surface area contributed by atoms with Crippen LogP contribution in [0.5, 0.6) is 0 Å². The molecule has 1 fully saturated rings. The Morgan fingerprint density at radius 3 is 2.33 bits per heavy atom. The number of nitrogens with one attached hydrogen (secondary N) is 2. The molecule has 1 aliphatic carbocycles. The van der Waals surface area contributed by atoms with Crippen molar-refractivity contribution >= 4 is 11.8 Å². The summed E-state index contributed by atoms with van der Waals surface area (Å²) in [6, 6.07) is 0. The Kier molecular flexibility index (Phi) is 5.10. The van der Waals surface area contributed by atoms with E-state index in [2.05, 4.69) is 10.6 Å². The predicted octanol–water partition coefficient (Wildman–Crippen LogP) is -0.632. The van der Waals surface area contributed by atoms with Crippen LogP contribution in [-0.2, 0) is 9.59 Å². The fourth-order valence-electron chi connectivity index (χ4n) is 1.79. The second-order valence-electron chi connectivity index (χ2n) is 3.83. The fraction of sp³-hybridized carbons (Fsp3) is 0.800. The van der Waals surface area contributed by atoms with E-state index in [0.717, 1.165) is 25.7 Å². The van der Waals surface area contributed by atoms with E-state index in [1.165, 1.54) is 0 Å². The topological polar surface area (TPSA) is 84.2 Å². The number of carbonyl (C=O) groups excluding carboxylic acids is 2. The first kappa shape index (κ1) is 12.0. The van der Waals surface area contributed by atoms with Crippen LogP contribution in [0.25, 0.3) is 0 Å². The smallest absolute Gasteiger partial charge is 0.233 e. The van der Waals surface area contributed by atoms with Crippen LogP contribution in [0, 0.1) is 5.92 Å². The van der Waals surface area contributed by atoms with Gasteiger partial charge >= 0.3 is 0 Å². The van der Waals surface area contributed by atoms with Gasteiger partial charge in [-0.3, -0.25) is 9.59 Å². The molecule has 0 aromatic heterocycles. The summed E-state index contributed by atoms with van der Waals surface area (Å²) in [5.74, 6) is 0.120. The Bertz CT molecular complexity index is 225. The molecule has 0 heterocycles. The average Bonchev–Trinajstić information content (AvgIpc) is 2.77. The van der Waals surface area contributed by atoms with Gasteiger partial charge in [-0.15, -0.1) is 0 Å². The van der Waals surface area contributed by atoms with Crippen LogP contribution in [0.2, 0.25) is 0 Å². The van der Waals surface area contributed by atoms with Crippen molar-refractivity contribution in [3.8, 4) is 0 Å². The molecule has 5 heteroatoms. The van der Waals surface area contributed by atoms with Crippen molar-refractivity contribution in [2.45, 2.75) is 25.7 Å². The van der Waals surface area contributed by atoms with Gasteiger partial charge in [0.1, 0.15) is 0 Å². The maximum atomic E-state index is 11.5. The lowest BCUT2D eigenvalue weighted by molar-refractivity contribution is -0.125. The Balaban J connectivity index is 2.04. The van der Waals surface area contributed by atoms with E-state index in [9.17, 15) is 9.59 Å². The molecule has 0 bridgehead atoms. The largest absolute Gasteiger partial charge is 0.354 e. The number of rotatable bonds is 5. The normalized spacial score (nSPS) is 16.3. The molecular formula is C10H19N3O2. The second-order valence-corrected chi connectivity index (χ2v) is 3.83. The number of nitrogens with two attached hydrogens (primary N) is 1. The maximum Gasteiger partial charge on any atom is 0.233 e. The van der Waals surface area contributed by atoms with E-state index in [0.29, 0.717) is 13.1 Å². The van der Waals surface area contributed by atoms with Crippen LogP contribution in [-0.4, -0.2) is 31.4 Å². The Morgan fingerprint density at radius 1 is 1.13 bits per heavy atom. The number of amides is 2. The number of hydrogen-bond acceptors (Lipinski definition) is 3. The molecule has 0 spiro atoms. The van der Waals surface area contributed by atoms with Gasteiger partial charge in [-0.2, -0.15) is 0 Å². The van der Waals surface area contributed by atoms with Crippen molar-refractivity contribution in [3.05, 3.63) is 0 Å². The van der Waals surface area contributed by atoms with Crippen molar-refractivity contribution in [2.75, 3.05) is 19.6 Å². The zero-order valence-electron chi connectivity index (χ0n) is 8.92. The first-order valence-electron chi connectivity index (χ1n) is 5.48. The maximum absolute atomic E-state index is 11.5. The second kappa shape index (κ2) is 6.40. The van der Waals surface area contributed by atoms with E-state index in [1.807, 2.05) is 0 Å². The van der Waals surface area contributed by atoms with E-state index in [-0.39, 0.29) is 24.3 Å². The minimum absolute atomic E-state index is 0.00340. The standard InChI is InChI=1S/C10H19N3O2/c11-7-9(14)12-5-6-13-10(15)8-3-1-2-4-8/h8H,1-7,11H2,(H,12,14)(H,13,15). The lowest BCUT2D eigenvalue weighted by Gasteiger charge is -2.10. The highest BCUT2D eigenvalue weighted by molar-refractivity contribution is 5.79. The molecule has 0 aromatic rings. The Morgan fingerprint density at radius 2 is 1.73 bits per heavy atom. The van der Waals surface area contributed by atoms with Crippen molar-refractivity contribution in [1.29, 1.82) is 0 Å². The summed E-state index contributed by atoms with van der Waals surface area (Å²) in [6.07, 6.45) is 4.31. The van der Waals surface area contributed by atoms with E-state index >= 15 is 0 Å². The third kappa shape index (κ3) is 4.29. The highest BCUT2D eigenvalue weighted by atomic mass is 16.2. The monoisotopic (exact) mass is 213 g/mol. The molecule has 1 saturated carbocycles. The summed E-state index contributed by atoms with van der Waals surface area (Å²) in [4.78, 5) is 22.3. The number of hydrogen-bond donors (Lipinski definition) is 3. The van der Waals surface area contributed by atoms with Gasteiger partial charge in [-0.25, -0.2) is 0 Å². The third-order valence-electron chi connectivity index (χ3n) is 2.66. The highest BCUT2D eigenvalue weighted by Gasteiger charge is 2.21. The van der Waals surface area contributed by atoms with E-state index in [4.69, 9.17) is 5.73 Å². The van der Waals surface area contributed by atoms with Gasteiger partial charge in [0.25, 0.3) is 0 Å². The van der Waals surface area contributed by atoms with Crippen LogP contribution in [0.4, 0.5) is 0 Å². The molecule has 2 amide bonds. The van der Waals surface area contributed by atoms with Gasteiger partial charge in [0.05, 0.1) is 6.54 Å². The molecule has 1 aliphatic rings. The van der Waals surface area contributed by atoms with Crippen LogP contribution < -0.4 is 16.4 Å². The van der Waals surface area contributed by atoms with E-state index < -0.39 is 0 Å². The van der Waals surface area contributed by atoms with Gasteiger partial charge in [0, 0.05) is 19.0 Å². The van der Waals surface area contributed by atoms with Crippen LogP contribution in [0.3, 0.4) is 0 Å². The third-order valence-corrected chi connectivity index (χ3v) is 2.66. The Hall–Kier alpha value is -1.10. The van der Waals surface area contributed by atoms with E-state index in [1.54, 1.807) is 0 Å². The fourth-order valence-corrected chi connectivity index (χ4v) is 1.79. The predicted molar refractivity (Wildman–Crippen MR) is 57.0 cm³/mol. The molecule has 15 heavy (non-hydrogen) atoms. The summed E-state index contributed by atoms with van der Waals surface area (Å²) in [6.45, 7) is 0.937. The first-order valence-corrected chi connectivity index (χ1v) is 5.48. The molecule has 0 radical (unpaired) electrons. The molecule has 86 valence electrons. The van der Waals surface area contributed by atoms with Crippen LogP contribution in [0.15, 0.2) is 0 Å². The van der Waals surface area contributed by atoms with Gasteiger partial charge < -0.3 is 16.4 Å². The number of carbonyl (C=O) groups is 2. The molecule has 5 nitrogen and oxygen atoms in total. The summed E-state index contributed by atoms with van der Waals surface area (Å²) >= 11 is 0. The van der Waals surface area contributed by atoms with Gasteiger partial charge in [-0.1, -0.05) is 12.8 Å². The molecule has 0 saturated heterocycles. The molecular weight excluding hydrogens is 194 g/mol. The summed E-state index contributed by atoms with van der Waals surface area (Å²) < 4.78 is 0. The zero-order chi connectivity index (χ0) is 11.1. The van der Waals surface area contributed by atoms with Crippen molar-refractivity contribution in [2.24, 2.45) is 11.7 Å². The van der Waals surface area contributed by atoms with Crippen molar-refractivity contribution < 1.29 is 9.59 Å². The summed E-state index contributed by atoms with van der Waals surface area (Å²) in [5.41, 5.74) is 5.11. The molecule has 0 unspecified atom stereocenters. The summed E-state index contributed by atoms with van der Waals surface area (Å²) in [7, 11) is 0. The van der Waals surface area contributed by atoms with Crippen molar-refractivity contribution in [3.63, 3.8) is 0 Å². The molecule has 0 atom stereocenters. The lowest BCUT2D eigenvalue weighted by atomic mass is 10.1. The molecule has 1 rings (SSSR count). The van der Waals surface area contributed by atoms with Crippen LogP contribution >= 0.6 is 0 Å². The van der Waals surface area contributed by atoms with Gasteiger partial charge in [0.2, 0.25) is 11.8 Å². The highest BCUT2D eigenvalue weighted by Crippen LogP contribution is 2.24. The van der Waals surface area contributed by atoms with Crippen LogP contribution in [0.1, 0.15) is 25.7 Å². The summed E-state index contributed by atoms with van der Waals surface area (Å²) in [5, 5.41) is 5.41. The molecule has 4 N–H and O–H groups in total. The van der Waals surface area contributed by atoms with Gasteiger partial charge in [-0.05, 0) is 12.8 Å². The minimum atomic E-state index is -0.190. The van der Waals surface area contributed by atoms with Gasteiger partial charge in [0.15, 0.2) is 0 Å². The quantitative estimate of drug-likeness (QED) is 0.531. The minimum Gasteiger partial charge on any atom is -0.354 e. The lowest BCUT2D eigenvalue weighted by Crippen LogP contribution is -2.38. The molecule has 0 aliphatic heterocycles. The first-order chi connectivity index (χ1) is 7.24. The average molecular weight is 213 g/mol. The SMILES string of the molecule is NCC(=O)NCCNC(=O)C1CCCC1. The van der Waals surface area contributed by atoms with Crippen molar-refractivity contribution in [1.82, 2.24) is 10.6 Å².